The molecular formula is C19H18N8. The summed E-state index contributed by atoms with van der Waals surface area (Å²) in [5.41, 5.74) is 1.95. The van der Waals surface area contributed by atoms with Gasteiger partial charge in [0.05, 0.1) is 23.4 Å². The van der Waals surface area contributed by atoms with Gasteiger partial charge in [-0.25, -0.2) is 14.6 Å². The quantitative estimate of drug-likeness (QED) is 0.504. The molecule has 1 saturated heterocycles. The van der Waals surface area contributed by atoms with E-state index in [1.807, 2.05) is 41.1 Å². The summed E-state index contributed by atoms with van der Waals surface area (Å²) in [6.45, 7) is 1.92. The van der Waals surface area contributed by atoms with Crippen molar-refractivity contribution in [2.45, 2.75) is 6.04 Å². The summed E-state index contributed by atoms with van der Waals surface area (Å²) in [5.74, 6) is 2.24. The van der Waals surface area contributed by atoms with Crippen LogP contribution in [0.4, 0.5) is 17.5 Å². The van der Waals surface area contributed by atoms with Crippen LogP contribution < -0.4 is 16.0 Å². The van der Waals surface area contributed by atoms with Crippen molar-refractivity contribution in [2.24, 2.45) is 0 Å². The Morgan fingerprint density at radius 3 is 2.70 bits per heavy atom. The fourth-order valence-corrected chi connectivity index (χ4v) is 3.07. The largest absolute Gasteiger partial charge is 0.365 e. The first-order valence-corrected chi connectivity index (χ1v) is 8.81. The average Bonchev–Trinajstić information content (AvgIpc) is 3.05. The summed E-state index contributed by atoms with van der Waals surface area (Å²) in [7, 11) is 0. The summed E-state index contributed by atoms with van der Waals surface area (Å²) in [6, 6.07) is 12.5. The van der Waals surface area contributed by atoms with E-state index in [4.69, 9.17) is 5.10 Å². The fourth-order valence-electron chi connectivity index (χ4n) is 3.07. The molecule has 3 N–H and O–H groups in total. The minimum absolute atomic E-state index is 0.427. The van der Waals surface area contributed by atoms with Gasteiger partial charge in [0.25, 0.3) is 0 Å². The van der Waals surface area contributed by atoms with Gasteiger partial charge in [-0.05, 0) is 18.2 Å². The normalized spacial score (nSPS) is 14.1. The third-order valence-electron chi connectivity index (χ3n) is 4.52. The molecule has 0 unspecified atom stereocenters. The van der Waals surface area contributed by atoms with Crippen LogP contribution in [0.1, 0.15) is 0 Å². The Hall–Kier alpha value is -3.52. The van der Waals surface area contributed by atoms with E-state index >= 15 is 0 Å². The summed E-state index contributed by atoms with van der Waals surface area (Å²) in [5, 5.41) is 15.7. The number of nitrogens with one attached hydrogen (secondary N) is 3. The van der Waals surface area contributed by atoms with Crippen molar-refractivity contribution in [1.82, 2.24) is 30.0 Å². The maximum Gasteiger partial charge on any atom is 0.162 e. The lowest BCUT2D eigenvalue weighted by Crippen LogP contribution is -2.51. The third-order valence-corrected chi connectivity index (χ3v) is 4.52. The molecule has 5 rings (SSSR count). The molecule has 134 valence electrons. The zero-order valence-electron chi connectivity index (χ0n) is 14.5. The van der Waals surface area contributed by atoms with E-state index < -0.39 is 0 Å². The second kappa shape index (κ2) is 6.65. The van der Waals surface area contributed by atoms with Gasteiger partial charge in [-0.2, -0.15) is 0 Å². The molecule has 0 spiro atoms. The predicted octanol–water partition coefficient (Wildman–Crippen LogP) is 2.34. The molecule has 1 fully saturated rings. The highest BCUT2D eigenvalue weighted by atomic mass is 15.3. The molecule has 0 saturated carbocycles. The molecule has 8 heteroatoms. The van der Waals surface area contributed by atoms with Crippen LogP contribution >= 0.6 is 0 Å². The number of nitrogens with zero attached hydrogens (tertiary/aromatic N) is 5. The molecule has 3 aromatic heterocycles. The van der Waals surface area contributed by atoms with Crippen LogP contribution in [0.2, 0.25) is 0 Å². The van der Waals surface area contributed by atoms with Gasteiger partial charge in [0.2, 0.25) is 0 Å². The third kappa shape index (κ3) is 3.06. The Labute approximate surface area is 155 Å². The van der Waals surface area contributed by atoms with Gasteiger partial charge in [0.15, 0.2) is 5.82 Å². The standard InChI is InChI=1S/C19H18N8/c1-2-4-16-15(3-1)19(25-18-12-20-7-8-23-18)26-27(16)14-5-6-22-17(9-14)24-13-10-21-11-13/h1-9,12-13,21H,10-11H2,(H,22,24)(H,23,25,26). The minimum Gasteiger partial charge on any atom is -0.365 e. The van der Waals surface area contributed by atoms with Crippen LogP contribution in [0.15, 0.2) is 61.2 Å². The van der Waals surface area contributed by atoms with Crippen LogP contribution in [0.3, 0.4) is 0 Å². The molecular weight excluding hydrogens is 340 g/mol. The van der Waals surface area contributed by atoms with Crippen LogP contribution in [0.5, 0.6) is 0 Å². The molecule has 8 nitrogen and oxygen atoms in total. The van der Waals surface area contributed by atoms with Crippen molar-refractivity contribution in [3.8, 4) is 5.69 Å². The van der Waals surface area contributed by atoms with Crippen molar-refractivity contribution >= 4 is 28.4 Å². The lowest BCUT2D eigenvalue weighted by Gasteiger charge is -2.28. The monoisotopic (exact) mass is 358 g/mol. The predicted molar refractivity (Wildman–Crippen MR) is 104 cm³/mol. The highest BCUT2D eigenvalue weighted by molar-refractivity contribution is 5.92. The summed E-state index contributed by atoms with van der Waals surface area (Å²) < 4.78 is 1.92. The molecule has 0 bridgehead atoms. The number of fused-ring (bicyclic) bond motifs is 1. The lowest BCUT2D eigenvalue weighted by atomic mass is 10.2. The Morgan fingerprint density at radius 2 is 1.89 bits per heavy atom. The highest BCUT2D eigenvalue weighted by Gasteiger charge is 2.17. The van der Waals surface area contributed by atoms with Crippen molar-refractivity contribution < 1.29 is 0 Å². The highest BCUT2D eigenvalue weighted by Crippen LogP contribution is 2.27. The zero-order chi connectivity index (χ0) is 18.1. The van der Waals surface area contributed by atoms with Gasteiger partial charge in [0.1, 0.15) is 11.6 Å². The Bertz CT molecular complexity index is 1070. The molecule has 1 aromatic carbocycles. The van der Waals surface area contributed by atoms with Gasteiger partial charge in [-0.15, -0.1) is 5.10 Å². The van der Waals surface area contributed by atoms with E-state index in [2.05, 4.69) is 30.9 Å². The number of pyridine rings is 1. The first-order chi connectivity index (χ1) is 13.4. The number of hydrogen-bond donors (Lipinski definition) is 3. The van der Waals surface area contributed by atoms with Crippen molar-refractivity contribution in [3.05, 3.63) is 61.2 Å². The van der Waals surface area contributed by atoms with Crippen LogP contribution in [-0.4, -0.2) is 43.9 Å². The van der Waals surface area contributed by atoms with Crippen molar-refractivity contribution in [1.29, 1.82) is 0 Å². The molecule has 0 atom stereocenters. The van der Waals surface area contributed by atoms with Gasteiger partial charge in [-0.1, -0.05) is 12.1 Å². The van der Waals surface area contributed by atoms with E-state index in [0.29, 0.717) is 11.9 Å². The number of benzene rings is 1. The van der Waals surface area contributed by atoms with Crippen LogP contribution in [0, 0.1) is 0 Å². The maximum atomic E-state index is 4.78. The van der Waals surface area contributed by atoms with Gasteiger partial charge >= 0.3 is 0 Å². The SMILES string of the molecule is c1ccc2c(c1)c(Nc1cnccn1)nn2-c1ccnc(NC2CNC2)c1. The van der Waals surface area contributed by atoms with Crippen LogP contribution in [0.25, 0.3) is 16.6 Å². The summed E-state index contributed by atoms with van der Waals surface area (Å²) in [6.07, 6.45) is 6.77. The topological polar surface area (TPSA) is 92.6 Å². The van der Waals surface area contributed by atoms with E-state index in [0.717, 1.165) is 41.3 Å². The molecule has 1 aliphatic heterocycles. The first-order valence-electron chi connectivity index (χ1n) is 8.81. The minimum atomic E-state index is 0.427. The molecule has 0 amide bonds. The van der Waals surface area contributed by atoms with E-state index in [1.165, 1.54) is 0 Å². The second-order valence-corrected chi connectivity index (χ2v) is 6.39. The van der Waals surface area contributed by atoms with E-state index in [9.17, 15) is 0 Å². The molecule has 27 heavy (non-hydrogen) atoms. The number of hydrogen-bond acceptors (Lipinski definition) is 7. The zero-order valence-corrected chi connectivity index (χ0v) is 14.5. The van der Waals surface area contributed by atoms with Gasteiger partial charge in [0, 0.05) is 43.1 Å². The van der Waals surface area contributed by atoms with Crippen LogP contribution in [-0.2, 0) is 0 Å². The average molecular weight is 358 g/mol. The molecule has 1 aliphatic rings. The maximum absolute atomic E-state index is 4.78. The number of anilines is 3. The van der Waals surface area contributed by atoms with Crippen molar-refractivity contribution in [2.75, 3.05) is 23.7 Å². The summed E-state index contributed by atoms with van der Waals surface area (Å²) >= 11 is 0. The van der Waals surface area contributed by atoms with Gasteiger partial charge in [-0.3, -0.25) is 4.98 Å². The molecule has 0 radical (unpaired) electrons. The number of rotatable bonds is 5. The first kappa shape index (κ1) is 15.7. The fraction of sp³-hybridized carbons (Fsp3) is 0.158. The van der Waals surface area contributed by atoms with E-state index in [1.54, 1.807) is 24.8 Å². The van der Waals surface area contributed by atoms with Crippen molar-refractivity contribution in [3.63, 3.8) is 0 Å². The Kier molecular flexibility index (Phi) is 3.87. The smallest absolute Gasteiger partial charge is 0.162 e. The number of para-hydroxylation sites is 1. The molecule has 4 heterocycles. The molecule has 0 aliphatic carbocycles. The van der Waals surface area contributed by atoms with E-state index in [-0.39, 0.29) is 0 Å². The number of aromatic nitrogens is 5. The van der Waals surface area contributed by atoms with Gasteiger partial charge < -0.3 is 16.0 Å². The molecule has 4 aromatic rings. The lowest BCUT2D eigenvalue weighted by molar-refractivity contribution is 0.471. The Morgan fingerprint density at radius 1 is 1.00 bits per heavy atom. The summed E-state index contributed by atoms with van der Waals surface area (Å²) in [4.78, 5) is 12.8. The Balaban J connectivity index is 1.54. The second-order valence-electron chi connectivity index (χ2n) is 6.39.